The fourth-order valence-electron chi connectivity index (χ4n) is 2.76. The monoisotopic (exact) mass is 331 g/mol. The van der Waals surface area contributed by atoms with Crippen molar-refractivity contribution in [3.05, 3.63) is 42.0 Å². The van der Waals surface area contributed by atoms with Crippen LogP contribution in [-0.4, -0.2) is 43.2 Å². The summed E-state index contributed by atoms with van der Waals surface area (Å²) in [6.07, 6.45) is 1.98. The second kappa shape index (κ2) is 9.33. The van der Waals surface area contributed by atoms with E-state index in [1.165, 1.54) is 5.56 Å². The van der Waals surface area contributed by atoms with Crippen LogP contribution < -0.4 is 15.4 Å². The Bertz CT molecular complexity index is 551. The smallest absolute Gasteiger partial charge is 0.317 e. The lowest BCUT2D eigenvalue weighted by molar-refractivity contribution is 0.176. The van der Waals surface area contributed by atoms with E-state index >= 15 is 0 Å². The molecule has 1 fully saturated rings. The number of ether oxygens (including phenoxy) is 1. The lowest BCUT2D eigenvalue weighted by Crippen LogP contribution is -2.48. The molecule has 0 aromatic heterocycles. The minimum Gasteiger partial charge on any atom is -0.489 e. The Balaban J connectivity index is 1.75. The van der Waals surface area contributed by atoms with Crippen molar-refractivity contribution in [1.82, 2.24) is 15.5 Å². The van der Waals surface area contributed by atoms with E-state index in [0.717, 1.165) is 43.8 Å². The first-order valence-corrected chi connectivity index (χ1v) is 8.70. The van der Waals surface area contributed by atoms with Crippen LogP contribution in [0.2, 0.25) is 0 Å². The van der Waals surface area contributed by atoms with E-state index in [2.05, 4.69) is 29.3 Å². The first-order valence-electron chi connectivity index (χ1n) is 8.70. The quantitative estimate of drug-likeness (QED) is 0.755. The third kappa shape index (κ3) is 5.89. The van der Waals surface area contributed by atoms with Gasteiger partial charge < -0.3 is 20.3 Å². The Kier molecular flexibility index (Phi) is 7.12. The molecule has 1 aliphatic rings. The van der Waals surface area contributed by atoms with Crippen LogP contribution in [0.1, 0.15) is 32.3 Å². The maximum absolute atomic E-state index is 11.8. The van der Waals surface area contributed by atoms with E-state index in [4.69, 9.17) is 4.74 Å². The number of carbonyl (C=O) groups excluding carboxylic acids is 1. The van der Waals surface area contributed by atoms with Crippen LogP contribution in [0.15, 0.2) is 36.4 Å². The van der Waals surface area contributed by atoms with Crippen molar-refractivity contribution < 1.29 is 9.53 Å². The molecule has 1 aromatic carbocycles. The molecule has 1 aromatic rings. The third-order valence-electron chi connectivity index (χ3n) is 4.09. The second-order valence-electron chi connectivity index (χ2n) is 6.37. The Labute approximate surface area is 145 Å². The van der Waals surface area contributed by atoms with Crippen LogP contribution in [0.4, 0.5) is 4.79 Å². The number of piperidine rings is 1. The predicted molar refractivity (Wildman–Crippen MR) is 97.3 cm³/mol. The highest BCUT2D eigenvalue weighted by atomic mass is 16.5. The second-order valence-corrected chi connectivity index (χ2v) is 6.37. The summed E-state index contributed by atoms with van der Waals surface area (Å²) in [5.41, 5.74) is 2.22. The number of benzene rings is 1. The highest BCUT2D eigenvalue weighted by molar-refractivity contribution is 5.74. The normalized spacial score (nSPS) is 15.2. The Morgan fingerprint density at radius 1 is 1.38 bits per heavy atom. The van der Waals surface area contributed by atoms with Gasteiger partial charge in [-0.1, -0.05) is 18.7 Å². The summed E-state index contributed by atoms with van der Waals surface area (Å²) in [5.74, 6) is 0.878. The Hall–Kier alpha value is -2.01. The van der Waals surface area contributed by atoms with Crippen molar-refractivity contribution >= 4 is 6.03 Å². The van der Waals surface area contributed by atoms with Gasteiger partial charge in [-0.25, -0.2) is 4.79 Å². The molecule has 5 nitrogen and oxygen atoms in total. The van der Waals surface area contributed by atoms with Crippen LogP contribution in [0.3, 0.4) is 0 Å². The van der Waals surface area contributed by atoms with E-state index in [1.807, 2.05) is 30.9 Å². The summed E-state index contributed by atoms with van der Waals surface area (Å²) in [4.78, 5) is 13.7. The number of likely N-dealkylation sites (tertiary alicyclic amines) is 1. The molecule has 1 heterocycles. The fourth-order valence-corrected chi connectivity index (χ4v) is 2.76. The lowest BCUT2D eigenvalue weighted by Gasteiger charge is -2.32. The average molecular weight is 331 g/mol. The molecule has 0 aliphatic carbocycles. The van der Waals surface area contributed by atoms with Gasteiger partial charge in [0.05, 0.1) is 0 Å². The molecule has 5 heteroatoms. The molecule has 1 aliphatic heterocycles. The zero-order valence-electron chi connectivity index (χ0n) is 14.8. The minimum absolute atomic E-state index is 0.0540. The number of nitrogens with zero attached hydrogens (tertiary/aromatic N) is 1. The molecule has 1 saturated heterocycles. The number of hydrogen-bond donors (Lipinski definition) is 2. The third-order valence-corrected chi connectivity index (χ3v) is 4.09. The van der Waals surface area contributed by atoms with Crippen LogP contribution in [0.5, 0.6) is 5.75 Å². The highest BCUT2D eigenvalue weighted by Gasteiger charge is 2.21. The topological polar surface area (TPSA) is 53.6 Å². The van der Waals surface area contributed by atoms with E-state index in [1.54, 1.807) is 0 Å². The Morgan fingerprint density at radius 3 is 2.79 bits per heavy atom. The number of amides is 2. The molecule has 24 heavy (non-hydrogen) atoms. The molecule has 2 N–H and O–H groups in total. The lowest BCUT2D eigenvalue weighted by atomic mass is 10.0. The van der Waals surface area contributed by atoms with Gasteiger partial charge in [0.1, 0.15) is 12.4 Å². The van der Waals surface area contributed by atoms with Gasteiger partial charge in [0.15, 0.2) is 0 Å². The molecular weight excluding hydrogens is 302 g/mol. The highest BCUT2D eigenvalue weighted by Crippen LogP contribution is 2.15. The average Bonchev–Trinajstić information content (AvgIpc) is 2.59. The van der Waals surface area contributed by atoms with Crippen molar-refractivity contribution in [3.8, 4) is 5.75 Å². The molecule has 0 bridgehead atoms. The van der Waals surface area contributed by atoms with Crippen LogP contribution in [-0.2, 0) is 6.54 Å². The predicted octanol–water partition coefficient (Wildman–Crippen LogP) is 2.93. The number of urea groups is 1. The number of hydrogen-bond acceptors (Lipinski definition) is 3. The molecule has 0 unspecified atom stereocenters. The molecule has 0 saturated carbocycles. The standard InChI is InChI=1S/C19H29N3O2/c1-4-20-19(23)22-10-8-17(9-11-22)21-13-16-6-5-7-18(12-16)24-14-15(2)3/h5-7,12,17,21H,2,4,8-11,13-14H2,1,3H3,(H,20,23). The first-order chi connectivity index (χ1) is 11.6. The Morgan fingerprint density at radius 2 is 2.12 bits per heavy atom. The van der Waals surface area contributed by atoms with E-state index in [0.29, 0.717) is 19.2 Å². The zero-order valence-corrected chi connectivity index (χ0v) is 14.8. The molecule has 2 amide bonds. The molecular formula is C19H29N3O2. The summed E-state index contributed by atoms with van der Waals surface area (Å²) in [6, 6.07) is 8.67. The molecule has 0 atom stereocenters. The summed E-state index contributed by atoms with van der Waals surface area (Å²) in [6.45, 7) is 11.4. The maximum Gasteiger partial charge on any atom is 0.317 e. The van der Waals surface area contributed by atoms with E-state index < -0.39 is 0 Å². The summed E-state index contributed by atoms with van der Waals surface area (Å²) in [5, 5.41) is 6.45. The summed E-state index contributed by atoms with van der Waals surface area (Å²) < 4.78 is 5.68. The van der Waals surface area contributed by atoms with Gasteiger partial charge >= 0.3 is 6.03 Å². The van der Waals surface area contributed by atoms with Crippen LogP contribution in [0.25, 0.3) is 0 Å². The summed E-state index contributed by atoms with van der Waals surface area (Å²) >= 11 is 0. The minimum atomic E-state index is 0.0540. The fraction of sp³-hybridized carbons (Fsp3) is 0.526. The molecule has 132 valence electrons. The molecule has 0 radical (unpaired) electrons. The largest absolute Gasteiger partial charge is 0.489 e. The van der Waals surface area contributed by atoms with Gasteiger partial charge in [0.2, 0.25) is 0 Å². The van der Waals surface area contributed by atoms with Gasteiger partial charge in [0, 0.05) is 32.2 Å². The number of nitrogens with one attached hydrogen (secondary N) is 2. The number of carbonyl (C=O) groups is 1. The first kappa shape index (κ1) is 18.3. The summed E-state index contributed by atoms with van der Waals surface area (Å²) in [7, 11) is 0. The molecule has 2 rings (SSSR count). The van der Waals surface area contributed by atoms with E-state index in [9.17, 15) is 4.79 Å². The van der Waals surface area contributed by atoms with Crippen molar-refractivity contribution in [1.29, 1.82) is 0 Å². The van der Waals surface area contributed by atoms with Gasteiger partial charge in [-0.05, 0) is 50.0 Å². The zero-order chi connectivity index (χ0) is 17.4. The SMILES string of the molecule is C=C(C)COc1cccc(CNC2CCN(C(=O)NCC)CC2)c1. The van der Waals surface area contributed by atoms with Crippen molar-refractivity contribution in [3.63, 3.8) is 0 Å². The van der Waals surface area contributed by atoms with Gasteiger partial charge in [-0.15, -0.1) is 0 Å². The van der Waals surface area contributed by atoms with Crippen molar-refractivity contribution in [2.24, 2.45) is 0 Å². The van der Waals surface area contributed by atoms with Crippen LogP contribution >= 0.6 is 0 Å². The van der Waals surface area contributed by atoms with E-state index in [-0.39, 0.29) is 6.03 Å². The van der Waals surface area contributed by atoms with Crippen LogP contribution in [0, 0.1) is 0 Å². The maximum atomic E-state index is 11.8. The molecule has 0 spiro atoms. The van der Waals surface area contributed by atoms with Crippen molar-refractivity contribution in [2.75, 3.05) is 26.2 Å². The van der Waals surface area contributed by atoms with Gasteiger partial charge in [0.25, 0.3) is 0 Å². The van der Waals surface area contributed by atoms with Crippen molar-refractivity contribution in [2.45, 2.75) is 39.3 Å². The van der Waals surface area contributed by atoms with Gasteiger partial charge in [-0.2, -0.15) is 0 Å². The number of rotatable bonds is 7. The van der Waals surface area contributed by atoms with Gasteiger partial charge in [-0.3, -0.25) is 0 Å².